The standard InChI is InChI=1S/C26H27BrN2O3/c1-17(2)20-13-14-24(22(27)15-20)32-16-25(30)29-23-12-8-7-11-21(23)26(31)28-18(3)19-9-5-4-6-10-19/h4-15,17-18H,16H2,1-3H3,(H,28,31)(H,29,30). The van der Waals surface area contributed by atoms with Gasteiger partial charge in [-0.15, -0.1) is 0 Å². The van der Waals surface area contributed by atoms with Crippen molar-refractivity contribution in [3.05, 3.63) is 94.0 Å². The summed E-state index contributed by atoms with van der Waals surface area (Å²) in [6.07, 6.45) is 0. The lowest BCUT2D eigenvalue weighted by atomic mass is 10.0. The summed E-state index contributed by atoms with van der Waals surface area (Å²) < 4.78 is 6.47. The minimum Gasteiger partial charge on any atom is -0.483 e. The molecule has 2 N–H and O–H groups in total. The highest BCUT2D eigenvalue weighted by molar-refractivity contribution is 9.10. The van der Waals surface area contributed by atoms with Gasteiger partial charge in [-0.25, -0.2) is 0 Å². The third kappa shape index (κ3) is 6.20. The first-order chi connectivity index (χ1) is 15.3. The van der Waals surface area contributed by atoms with Crippen molar-refractivity contribution in [1.29, 1.82) is 0 Å². The summed E-state index contributed by atoms with van der Waals surface area (Å²) in [5.74, 6) is 0.384. The molecule has 0 aliphatic rings. The fraction of sp³-hybridized carbons (Fsp3) is 0.231. The van der Waals surface area contributed by atoms with Crippen molar-refractivity contribution in [3.63, 3.8) is 0 Å². The molecule has 32 heavy (non-hydrogen) atoms. The molecule has 0 aromatic heterocycles. The molecule has 3 aromatic carbocycles. The Bertz CT molecular complexity index is 1080. The molecule has 2 amide bonds. The number of benzene rings is 3. The van der Waals surface area contributed by atoms with Crippen molar-refractivity contribution in [2.24, 2.45) is 0 Å². The highest BCUT2D eigenvalue weighted by Gasteiger charge is 2.16. The quantitative estimate of drug-likeness (QED) is 0.398. The minimum absolute atomic E-state index is 0.165. The Hall–Kier alpha value is -3.12. The van der Waals surface area contributed by atoms with Gasteiger partial charge < -0.3 is 15.4 Å². The first-order valence-corrected chi connectivity index (χ1v) is 11.3. The molecule has 0 saturated heterocycles. The van der Waals surface area contributed by atoms with Crippen LogP contribution in [0.1, 0.15) is 54.2 Å². The Labute approximate surface area is 197 Å². The van der Waals surface area contributed by atoms with Crippen molar-refractivity contribution in [3.8, 4) is 5.75 Å². The predicted molar refractivity (Wildman–Crippen MR) is 131 cm³/mol. The summed E-state index contributed by atoms with van der Waals surface area (Å²) in [6, 6.07) is 22.3. The average Bonchev–Trinajstić information content (AvgIpc) is 2.79. The minimum atomic E-state index is -0.346. The fourth-order valence-corrected chi connectivity index (χ4v) is 3.72. The molecule has 5 nitrogen and oxygen atoms in total. The number of rotatable bonds is 8. The van der Waals surface area contributed by atoms with Crippen LogP contribution in [0.5, 0.6) is 5.75 Å². The van der Waals surface area contributed by atoms with Gasteiger partial charge in [0.1, 0.15) is 5.75 Å². The lowest BCUT2D eigenvalue weighted by Gasteiger charge is -2.16. The fourth-order valence-electron chi connectivity index (χ4n) is 3.21. The number of carbonyl (C=O) groups is 2. The van der Waals surface area contributed by atoms with Crippen molar-refractivity contribution < 1.29 is 14.3 Å². The smallest absolute Gasteiger partial charge is 0.262 e. The third-order valence-electron chi connectivity index (χ3n) is 5.07. The second-order valence-electron chi connectivity index (χ2n) is 7.83. The molecular weight excluding hydrogens is 468 g/mol. The SMILES string of the molecule is CC(C)c1ccc(OCC(=O)Nc2ccccc2C(=O)NC(C)c2ccccc2)c(Br)c1. The lowest BCUT2D eigenvalue weighted by molar-refractivity contribution is -0.118. The van der Waals surface area contributed by atoms with E-state index in [9.17, 15) is 9.59 Å². The summed E-state index contributed by atoms with van der Waals surface area (Å²) in [4.78, 5) is 25.3. The number of carbonyl (C=O) groups excluding carboxylic acids is 2. The summed E-state index contributed by atoms with van der Waals surface area (Å²) >= 11 is 3.50. The van der Waals surface area contributed by atoms with E-state index in [-0.39, 0.29) is 24.5 Å². The van der Waals surface area contributed by atoms with E-state index in [1.54, 1.807) is 24.3 Å². The van der Waals surface area contributed by atoms with Crippen molar-refractivity contribution in [2.45, 2.75) is 32.7 Å². The van der Waals surface area contributed by atoms with Gasteiger partial charge in [-0.2, -0.15) is 0 Å². The number of halogens is 1. The second kappa shape index (κ2) is 11.0. The molecule has 0 radical (unpaired) electrons. The van der Waals surface area contributed by atoms with Gasteiger partial charge in [0.25, 0.3) is 11.8 Å². The molecule has 3 aromatic rings. The molecule has 0 saturated carbocycles. The molecule has 0 fully saturated rings. The van der Waals surface area contributed by atoms with Crippen molar-refractivity contribution in [2.75, 3.05) is 11.9 Å². The van der Waals surface area contributed by atoms with Gasteiger partial charge in [0, 0.05) is 0 Å². The number of hydrogen-bond donors (Lipinski definition) is 2. The van der Waals surface area contributed by atoms with Gasteiger partial charge >= 0.3 is 0 Å². The summed E-state index contributed by atoms with van der Waals surface area (Å²) in [6.45, 7) is 5.98. The van der Waals surface area contributed by atoms with E-state index in [4.69, 9.17) is 4.74 Å². The lowest BCUT2D eigenvalue weighted by Crippen LogP contribution is -2.28. The zero-order chi connectivity index (χ0) is 23.1. The van der Waals surface area contributed by atoms with Crippen LogP contribution in [0.15, 0.2) is 77.3 Å². The highest BCUT2D eigenvalue weighted by Crippen LogP contribution is 2.29. The van der Waals surface area contributed by atoms with E-state index in [1.165, 1.54) is 5.56 Å². The van der Waals surface area contributed by atoms with Crippen molar-refractivity contribution in [1.82, 2.24) is 5.32 Å². The van der Waals surface area contributed by atoms with E-state index in [2.05, 4.69) is 40.4 Å². The Morgan fingerprint density at radius 1 is 0.906 bits per heavy atom. The maximum atomic E-state index is 12.8. The van der Waals surface area contributed by atoms with Gasteiger partial charge in [-0.05, 0) is 64.2 Å². The zero-order valence-corrected chi connectivity index (χ0v) is 20.0. The van der Waals surface area contributed by atoms with Gasteiger partial charge in [0.05, 0.1) is 21.8 Å². The van der Waals surface area contributed by atoms with Crippen LogP contribution in [0.3, 0.4) is 0 Å². The van der Waals surface area contributed by atoms with Crippen molar-refractivity contribution >= 4 is 33.4 Å². The van der Waals surface area contributed by atoms with E-state index in [0.29, 0.717) is 22.9 Å². The normalized spacial score (nSPS) is 11.7. The number of amides is 2. The highest BCUT2D eigenvalue weighted by atomic mass is 79.9. The van der Waals surface area contributed by atoms with E-state index < -0.39 is 0 Å². The maximum Gasteiger partial charge on any atom is 0.262 e. The van der Waals surface area contributed by atoms with Crippen LogP contribution < -0.4 is 15.4 Å². The first-order valence-electron chi connectivity index (χ1n) is 10.5. The Morgan fingerprint density at radius 2 is 1.59 bits per heavy atom. The molecule has 166 valence electrons. The number of hydrogen-bond acceptors (Lipinski definition) is 3. The average molecular weight is 495 g/mol. The zero-order valence-electron chi connectivity index (χ0n) is 18.4. The molecule has 0 bridgehead atoms. The third-order valence-corrected chi connectivity index (χ3v) is 5.69. The number of anilines is 1. The molecule has 0 aliphatic carbocycles. The van der Waals surface area contributed by atoms with E-state index >= 15 is 0 Å². The van der Waals surface area contributed by atoms with Crippen LogP contribution >= 0.6 is 15.9 Å². The number of para-hydroxylation sites is 1. The monoisotopic (exact) mass is 494 g/mol. The maximum absolute atomic E-state index is 12.8. The van der Waals surface area contributed by atoms with Crippen LogP contribution in [-0.2, 0) is 4.79 Å². The molecule has 3 rings (SSSR count). The van der Waals surface area contributed by atoms with E-state index in [1.807, 2.05) is 55.5 Å². The second-order valence-corrected chi connectivity index (χ2v) is 8.69. The Morgan fingerprint density at radius 3 is 2.28 bits per heavy atom. The molecule has 1 atom stereocenters. The van der Waals surface area contributed by atoms with Gasteiger partial charge in [0.15, 0.2) is 6.61 Å². The molecule has 0 heterocycles. The first kappa shape index (κ1) is 23.5. The van der Waals surface area contributed by atoms with Gasteiger partial charge in [0.2, 0.25) is 0 Å². The Balaban J connectivity index is 1.63. The van der Waals surface area contributed by atoms with Crippen LogP contribution in [0.2, 0.25) is 0 Å². The molecular formula is C26H27BrN2O3. The van der Waals surface area contributed by atoms with Crippen LogP contribution in [-0.4, -0.2) is 18.4 Å². The predicted octanol–water partition coefficient (Wildman–Crippen LogP) is 6.08. The van der Waals surface area contributed by atoms with Gasteiger partial charge in [-0.3, -0.25) is 9.59 Å². The molecule has 0 aliphatic heterocycles. The Kier molecular flexibility index (Phi) is 8.06. The summed E-state index contributed by atoms with van der Waals surface area (Å²) in [7, 11) is 0. The topological polar surface area (TPSA) is 67.4 Å². The molecule has 0 spiro atoms. The van der Waals surface area contributed by atoms with Crippen LogP contribution in [0, 0.1) is 0 Å². The van der Waals surface area contributed by atoms with E-state index in [0.717, 1.165) is 10.0 Å². The largest absolute Gasteiger partial charge is 0.483 e. The summed E-state index contributed by atoms with van der Waals surface area (Å²) in [5.41, 5.74) is 3.02. The van der Waals surface area contributed by atoms with Crippen LogP contribution in [0.4, 0.5) is 5.69 Å². The van der Waals surface area contributed by atoms with Gasteiger partial charge in [-0.1, -0.05) is 62.4 Å². The molecule has 1 unspecified atom stereocenters. The number of ether oxygens (including phenoxy) is 1. The number of nitrogens with one attached hydrogen (secondary N) is 2. The summed E-state index contributed by atoms with van der Waals surface area (Å²) in [5, 5.41) is 5.76. The van der Waals surface area contributed by atoms with Crippen LogP contribution in [0.25, 0.3) is 0 Å². The molecule has 6 heteroatoms.